The van der Waals surface area contributed by atoms with Gasteiger partial charge in [0.15, 0.2) is 0 Å². The fraction of sp³-hybridized carbons (Fsp3) is 0.500. The lowest BCUT2D eigenvalue weighted by Crippen LogP contribution is -2.25. The van der Waals surface area contributed by atoms with E-state index in [1.165, 1.54) is 12.8 Å². The average Bonchev–Trinajstić information content (AvgIpc) is 3.20. The van der Waals surface area contributed by atoms with Crippen molar-refractivity contribution in [3.05, 3.63) is 28.8 Å². The monoisotopic (exact) mass is 280 g/mol. The van der Waals surface area contributed by atoms with Crippen molar-refractivity contribution in [2.24, 2.45) is 5.92 Å². The summed E-state index contributed by atoms with van der Waals surface area (Å²) in [7, 11) is 0. The van der Waals surface area contributed by atoms with Crippen LogP contribution in [-0.2, 0) is 4.74 Å². The molecule has 0 spiro atoms. The van der Waals surface area contributed by atoms with Crippen molar-refractivity contribution in [1.29, 1.82) is 5.26 Å². The molecule has 102 valence electrons. The highest BCUT2D eigenvalue weighted by Gasteiger charge is 2.21. The van der Waals surface area contributed by atoms with Gasteiger partial charge in [0.1, 0.15) is 6.07 Å². The molecule has 0 aromatic heterocycles. The molecule has 2 rings (SSSR count). The van der Waals surface area contributed by atoms with E-state index in [4.69, 9.17) is 21.6 Å². The molecule has 5 heteroatoms. The molecule has 0 aliphatic heterocycles. The highest BCUT2D eigenvalue weighted by molar-refractivity contribution is 6.30. The van der Waals surface area contributed by atoms with Gasteiger partial charge < -0.3 is 15.2 Å². The Labute approximate surface area is 117 Å². The van der Waals surface area contributed by atoms with Crippen LogP contribution in [0.4, 0.5) is 5.69 Å². The molecule has 0 saturated heterocycles. The topological polar surface area (TPSA) is 65.3 Å². The SMILES string of the molecule is N#Cc1ccc(Cl)cc1NCC(O)COCC1CC1. The lowest BCUT2D eigenvalue weighted by atomic mass is 10.2. The fourth-order valence-electron chi connectivity index (χ4n) is 1.70. The minimum Gasteiger partial charge on any atom is -0.389 e. The maximum absolute atomic E-state index is 9.77. The number of hydrogen-bond donors (Lipinski definition) is 2. The lowest BCUT2D eigenvalue weighted by Gasteiger charge is -2.14. The second kappa shape index (κ2) is 6.76. The molecule has 1 atom stereocenters. The van der Waals surface area contributed by atoms with Crippen LogP contribution in [0.3, 0.4) is 0 Å². The highest BCUT2D eigenvalue weighted by atomic mass is 35.5. The van der Waals surface area contributed by atoms with Gasteiger partial charge in [0, 0.05) is 18.2 Å². The van der Waals surface area contributed by atoms with Crippen LogP contribution in [-0.4, -0.2) is 31.0 Å². The van der Waals surface area contributed by atoms with Crippen molar-refractivity contribution >= 4 is 17.3 Å². The number of nitriles is 1. The van der Waals surface area contributed by atoms with Crippen LogP contribution < -0.4 is 5.32 Å². The molecule has 0 radical (unpaired) electrons. The zero-order valence-corrected chi connectivity index (χ0v) is 11.4. The van der Waals surface area contributed by atoms with Gasteiger partial charge in [-0.05, 0) is 37.0 Å². The van der Waals surface area contributed by atoms with E-state index in [1.54, 1.807) is 18.2 Å². The second-order valence-corrected chi connectivity index (χ2v) is 5.25. The number of benzene rings is 1. The first kappa shape index (κ1) is 14.1. The molecule has 0 amide bonds. The van der Waals surface area contributed by atoms with E-state index in [2.05, 4.69) is 11.4 Å². The standard InChI is InChI=1S/C14H17ClN2O2/c15-12-4-3-11(6-16)14(5-12)17-7-13(18)9-19-8-10-1-2-10/h3-5,10,13,17-18H,1-2,7-9H2. The van der Waals surface area contributed by atoms with Gasteiger partial charge in [0.05, 0.1) is 24.0 Å². The van der Waals surface area contributed by atoms with Crippen LogP contribution in [0.15, 0.2) is 18.2 Å². The Balaban J connectivity index is 1.77. The number of aliphatic hydroxyl groups is 1. The van der Waals surface area contributed by atoms with Gasteiger partial charge in [-0.25, -0.2) is 0 Å². The summed E-state index contributed by atoms with van der Waals surface area (Å²) >= 11 is 5.88. The Morgan fingerprint density at radius 1 is 1.53 bits per heavy atom. The van der Waals surface area contributed by atoms with Crippen molar-refractivity contribution in [2.75, 3.05) is 25.1 Å². The first-order chi connectivity index (χ1) is 9.19. The third-order valence-electron chi connectivity index (χ3n) is 2.99. The van der Waals surface area contributed by atoms with Gasteiger partial charge in [-0.3, -0.25) is 0 Å². The van der Waals surface area contributed by atoms with Crippen LogP contribution in [0.5, 0.6) is 0 Å². The predicted molar refractivity (Wildman–Crippen MR) is 74.2 cm³/mol. The van der Waals surface area contributed by atoms with E-state index in [9.17, 15) is 5.11 Å². The molecular weight excluding hydrogens is 264 g/mol. The molecular formula is C14H17ClN2O2. The second-order valence-electron chi connectivity index (χ2n) is 4.82. The van der Waals surface area contributed by atoms with Crippen molar-refractivity contribution < 1.29 is 9.84 Å². The number of ether oxygens (including phenoxy) is 1. The van der Waals surface area contributed by atoms with Crippen LogP contribution in [0.2, 0.25) is 5.02 Å². The van der Waals surface area contributed by atoms with Crippen molar-refractivity contribution in [1.82, 2.24) is 0 Å². The van der Waals surface area contributed by atoms with Gasteiger partial charge in [-0.2, -0.15) is 5.26 Å². The van der Waals surface area contributed by atoms with Crippen molar-refractivity contribution in [2.45, 2.75) is 18.9 Å². The van der Waals surface area contributed by atoms with Gasteiger partial charge in [0.25, 0.3) is 0 Å². The lowest BCUT2D eigenvalue weighted by molar-refractivity contribution is 0.0386. The minimum atomic E-state index is -0.593. The molecule has 4 nitrogen and oxygen atoms in total. The number of hydrogen-bond acceptors (Lipinski definition) is 4. The Morgan fingerprint density at radius 2 is 2.32 bits per heavy atom. The van der Waals surface area contributed by atoms with Gasteiger partial charge in [0.2, 0.25) is 0 Å². The zero-order valence-electron chi connectivity index (χ0n) is 10.6. The molecule has 0 heterocycles. The summed E-state index contributed by atoms with van der Waals surface area (Å²) in [4.78, 5) is 0. The van der Waals surface area contributed by atoms with Crippen molar-refractivity contribution in [3.63, 3.8) is 0 Å². The number of nitrogens with zero attached hydrogens (tertiary/aromatic N) is 1. The molecule has 1 aliphatic carbocycles. The number of anilines is 1. The van der Waals surface area contributed by atoms with Gasteiger partial charge >= 0.3 is 0 Å². The normalized spacial score (nSPS) is 15.8. The molecule has 1 saturated carbocycles. The van der Waals surface area contributed by atoms with Crippen LogP contribution in [0.1, 0.15) is 18.4 Å². The quantitative estimate of drug-likeness (QED) is 0.805. The minimum absolute atomic E-state index is 0.311. The smallest absolute Gasteiger partial charge is 0.101 e. The fourth-order valence-corrected chi connectivity index (χ4v) is 1.87. The first-order valence-electron chi connectivity index (χ1n) is 6.38. The van der Waals surface area contributed by atoms with E-state index in [0.29, 0.717) is 35.3 Å². The summed E-state index contributed by atoms with van der Waals surface area (Å²) in [5, 5.41) is 22.3. The number of rotatable bonds is 7. The van der Waals surface area contributed by atoms with Crippen LogP contribution in [0, 0.1) is 17.2 Å². The molecule has 19 heavy (non-hydrogen) atoms. The molecule has 1 aromatic rings. The summed E-state index contributed by atoms with van der Waals surface area (Å²) < 4.78 is 5.41. The summed E-state index contributed by atoms with van der Waals surface area (Å²) in [6.07, 6.45) is 1.88. The van der Waals surface area contributed by atoms with Gasteiger partial charge in [-0.15, -0.1) is 0 Å². The van der Waals surface area contributed by atoms with E-state index in [0.717, 1.165) is 6.61 Å². The first-order valence-corrected chi connectivity index (χ1v) is 6.76. The Morgan fingerprint density at radius 3 is 3.00 bits per heavy atom. The zero-order chi connectivity index (χ0) is 13.7. The Hall–Kier alpha value is -1.28. The van der Waals surface area contributed by atoms with E-state index < -0.39 is 6.10 Å². The molecule has 0 bridgehead atoms. The summed E-state index contributed by atoms with van der Waals surface area (Å²) in [6, 6.07) is 7.08. The Bertz CT molecular complexity index is 469. The maximum atomic E-state index is 9.77. The summed E-state index contributed by atoms with van der Waals surface area (Å²) in [6.45, 7) is 1.38. The molecule has 2 N–H and O–H groups in total. The molecule has 1 unspecified atom stereocenters. The van der Waals surface area contributed by atoms with Crippen molar-refractivity contribution in [3.8, 4) is 6.07 Å². The third kappa shape index (κ3) is 4.71. The Kier molecular flexibility index (Phi) is 5.03. The van der Waals surface area contributed by atoms with Gasteiger partial charge in [-0.1, -0.05) is 11.6 Å². The van der Waals surface area contributed by atoms with Crippen LogP contribution in [0.25, 0.3) is 0 Å². The summed E-state index contributed by atoms with van der Waals surface area (Å²) in [5.41, 5.74) is 1.15. The van der Waals surface area contributed by atoms with E-state index in [1.807, 2.05) is 0 Å². The largest absolute Gasteiger partial charge is 0.389 e. The molecule has 1 aliphatic rings. The van der Waals surface area contributed by atoms with E-state index >= 15 is 0 Å². The highest BCUT2D eigenvalue weighted by Crippen LogP contribution is 2.28. The third-order valence-corrected chi connectivity index (χ3v) is 3.23. The van der Waals surface area contributed by atoms with Crippen LogP contribution >= 0.6 is 11.6 Å². The number of aliphatic hydroxyl groups excluding tert-OH is 1. The maximum Gasteiger partial charge on any atom is 0.101 e. The van der Waals surface area contributed by atoms with E-state index in [-0.39, 0.29) is 0 Å². The molecule has 1 aromatic carbocycles. The average molecular weight is 281 g/mol. The number of halogens is 1. The molecule has 1 fully saturated rings. The number of nitrogens with one attached hydrogen (secondary N) is 1. The summed E-state index contributed by atoms with van der Waals surface area (Å²) in [5.74, 6) is 0.693. The predicted octanol–water partition coefficient (Wildman–Crippen LogP) is 2.41.